The summed E-state index contributed by atoms with van der Waals surface area (Å²) in [6.45, 7) is 4.27. The zero-order valence-electron chi connectivity index (χ0n) is 15.1. The Balaban J connectivity index is 1.50. The maximum Gasteiger partial charge on any atom is 0.224 e. The zero-order valence-corrected chi connectivity index (χ0v) is 15.1. The number of aromatic nitrogens is 3. The molecule has 0 spiro atoms. The van der Waals surface area contributed by atoms with Crippen LogP contribution in [0.1, 0.15) is 29.4 Å². The molecule has 3 aromatic rings. The molecule has 1 fully saturated rings. The summed E-state index contributed by atoms with van der Waals surface area (Å²) in [5, 5.41) is 0. The van der Waals surface area contributed by atoms with Gasteiger partial charge in [0, 0.05) is 29.9 Å². The van der Waals surface area contributed by atoms with Crippen molar-refractivity contribution >= 4 is 0 Å². The summed E-state index contributed by atoms with van der Waals surface area (Å²) < 4.78 is 32.8. The van der Waals surface area contributed by atoms with Gasteiger partial charge in [-0.15, -0.1) is 0 Å². The minimum atomic E-state index is -0.910. The highest BCUT2D eigenvalue weighted by Gasteiger charge is 2.40. The van der Waals surface area contributed by atoms with Crippen LogP contribution in [0.4, 0.5) is 8.78 Å². The Morgan fingerprint density at radius 3 is 2.63 bits per heavy atom. The maximum atomic E-state index is 13.6. The molecule has 0 saturated heterocycles. The molecule has 4 nitrogen and oxygen atoms in total. The molecule has 6 heteroatoms. The van der Waals surface area contributed by atoms with Crippen molar-refractivity contribution in [3.63, 3.8) is 0 Å². The van der Waals surface area contributed by atoms with Crippen molar-refractivity contribution in [2.45, 2.75) is 26.2 Å². The Kier molecular flexibility index (Phi) is 4.56. The molecular weight excluding hydrogens is 348 g/mol. The Labute approximate surface area is 156 Å². The molecule has 1 saturated carbocycles. The van der Waals surface area contributed by atoms with Crippen LogP contribution in [0.25, 0.3) is 11.1 Å². The number of hydrogen-bond acceptors (Lipinski definition) is 4. The molecule has 1 aromatic carbocycles. The fourth-order valence-corrected chi connectivity index (χ4v) is 3.10. The lowest BCUT2D eigenvalue weighted by atomic mass is 10.1. The molecule has 1 aliphatic rings. The SMILES string of the molecule is Cc1ccc([C@H]2C[C@@H]2COc2nc(C)ncc2-c2ccc(F)c(F)c2)nc1. The number of benzene rings is 1. The molecule has 0 radical (unpaired) electrons. The Morgan fingerprint density at radius 1 is 1.04 bits per heavy atom. The monoisotopic (exact) mass is 367 g/mol. The van der Waals surface area contributed by atoms with Gasteiger partial charge in [-0.1, -0.05) is 12.1 Å². The predicted octanol–water partition coefficient (Wildman–Crippen LogP) is 4.62. The van der Waals surface area contributed by atoms with Gasteiger partial charge in [-0.05, 0) is 49.6 Å². The molecular formula is C21H19F2N3O. The first kappa shape index (κ1) is 17.5. The Bertz CT molecular complexity index is 976. The van der Waals surface area contributed by atoms with Crippen LogP contribution in [0, 0.1) is 31.4 Å². The molecule has 1 aliphatic carbocycles. The molecule has 0 aliphatic heterocycles. The molecule has 0 N–H and O–H groups in total. The van der Waals surface area contributed by atoms with Crippen LogP contribution >= 0.6 is 0 Å². The number of hydrogen-bond donors (Lipinski definition) is 0. The maximum absolute atomic E-state index is 13.6. The van der Waals surface area contributed by atoms with Gasteiger partial charge in [0.05, 0.1) is 12.2 Å². The Morgan fingerprint density at radius 2 is 1.89 bits per heavy atom. The molecule has 4 rings (SSSR count). The summed E-state index contributed by atoms with van der Waals surface area (Å²) in [5.74, 6) is -0.0965. The van der Waals surface area contributed by atoms with Crippen molar-refractivity contribution in [2.24, 2.45) is 5.92 Å². The van der Waals surface area contributed by atoms with Gasteiger partial charge in [0.25, 0.3) is 0 Å². The molecule has 0 bridgehead atoms. The fourth-order valence-electron chi connectivity index (χ4n) is 3.10. The van der Waals surface area contributed by atoms with E-state index in [-0.39, 0.29) is 0 Å². The number of pyridine rings is 1. The number of ether oxygens (including phenoxy) is 1. The van der Waals surface area contributed by atoms with E-state index in [9.17, 15) is 8.78 Å². The molecule has 27 heavy (non-hydrogen) atoms. The van der Waals surface area contributed by atoms with E-state index in [0.29, 0.717) is 41.3 Å². The van der Waals surface area contributed by atoms with E-state index < -0.39 is 11.6 Å². The minimum absolute atomic E-state index is 0.369. The third-order valence-corrected chi connectivity index (χ3v) is 4.78. The van der Waals surface area contributed by atoms with E-state index in [1.54, 1.807) is 13.1 Å². The van der Waals surface area contributed by atoms with Crippen LogP contribution in [0.3, 0.4) is 0 Å². The van der Waals surface area contributed by atoms with Crippen molar-refractivity contribution < 1.29 is 13.5 Å². The summed E-state index contributed by atoms with van der Waals surface area (Å²) in [5.41, 5.74) is 3.25. The standard InChI is InChI=1S/C21H19F2N3O/c1-12-3-6-20(25-9-12)16-7-15(16)11-27-21-17(10-24-13(2)26-21)14-4-5-18(22)19(23)8-14/h3-6,8-10,15-16H,7,11H2,1-2H3/t15-,16+/m1/s1. The van der Waals surface area contributed by atoms with Gasteiger partial charge < -0.3 is 4.74 Å². The molecule has 2 atom stereocenters. The lowest BCUT2D eigenvalue weighted by Crippen LogP contribution is -2.06. The quantitative estimate of drug-likeness (QED) is 0.660. The lowest BCUT2D eigenvalue weighted by molar-refractivity contribution is 0.285. The minimum Gasteiger partial charge on any atom is -0.477 e. The molecule has 0 unspecified atom stereocenters. The van der Waals surface area contributed by atoms with Gasteiger partial charge in [-0.3, -0.25) is 4.98 Å². The van der Waals surface area contributed by atoms with E-state index in [0.717, 1.165) is 29.8 Å². The average molecular weight is 367 g/mol. The van der Waals surface area contributed by atoms with Crippen molar-refractivity contribution in [3.8, 4) is 17.0 Å². The summed E-state index contributed by atoms with van der Waals surface area (Å²) in [4.78, 5) is 13.0. The third kappa shape index (κ3) is 3.79. The summed E-state index contributed by atoms with van der Waals surface area (Å²) in [6.07, 6.45) is 4.47. The van der Waals surface area contributed by atoms with Crippen LogP contribution in [0.5, 0.6) is 5.88 Å². The van der Waals surface area contributed by atoms with Crippen molar-refractivity contribution in [1.29, 1.82) is 0 Å². The zero-order chi connectivity index (χ0) is 19.0. The van der Waals surface area contributed by atoms with Crippen molar-refractivity contribution in [3.05, 3.63) is 71.4 Å². The smallest absolute Gasteiger partial charge is 0.224 e. The second kappa shape index (κ2) is 7.02. The predicted molar refractivity (Wildman–Crippen MR) is 97.4 cm³/mol. The number of halogens is 2. The fraction of sp³-hybridized carbons (Fsp3) is 0.286. The molecule has 0 amide bonds. The number of nitrogens with zero attached hydrogens (tertiary/aromatic N) is 3. The Hall–Kier alpha value is -2.89. The molecule has 2 heterocycles. The second-order valence-electron chi connectivity index (χ2n) is 6.94. The molecule has 138 valence electrons. The lowest BCUT2D eigenvalue weighted by Gasteiger charge is -2.11. The van der Waals surface area contributed by atoms with E-state index in [2.05, 4.69) is 27.1 Å². The molecule has 2 aromatic heterocycles. The van der Waals surface area contributed by atoms with Gasteiger partial charge in [-0.25, -0.2) is 13.8 Å². The van der Waals surface area contributed by atoms with Crippen molar-refractivity contribution in [2.75, 3.05) is 6.61 Å². The van der Waals surface area contributed by atoms with Gasteiger partial charge in [0.15, 0.2) is 11.6 Å². The highest BCUT2D eigenvalue weighted by Crippen LogP contribution is 2.47. The summed E-state index contributed by atoms with van der Waals surface area (Å²) in [6, 6.07) is 7.84. The average Bonchev–Trinajstić information content (AvgIpc) is 3.43. The number of aryl methyl sites for hydroxylation is 2. The topological polar surface area (TPSA) is 47.9 Å². The number of rotatable bonds is 5. The second-order valence-corrected chi connectivity index (χ2v) is 6.94. The third-order valence-electron chi connectivity index (χ3n) is 4.78. The highest BCUT2D eigenvalue weighted by molar-refractivity contribution is 5.67. The van der Waals surface area contributed by atoms with E-state index in [1.165, 1.54) is 6.07 Å². The van der Waals surface area contributed by atoms with Gasteiger partial charge >= 0.3 is 0 Å². The largest absolute Gasteiger partial charge is 0.477 e. The van der Waals surface area contributed by atoms with E-state index in [4.69, 9.17) is 4.74 Å². The van der Waals surface area contributed by atoms with Crippen LogP contribution in [-0.4, -0.2) is 21.6 Å². The normalized spacial score (nSPS) is 18.4. The van der Waals surface area contributed by atoms with Crippen LogP contribution in [-0.2, 0) is 0 Å². The summed E-state index contributed by atoms with van der Waals surface area (Å²) >= 11 is 0. The first-order valence-corrected chi connectivity index (χ1v) is 8.85. The van der Waals surface area contributed by atoms with Crippen molar-refractivity contribution in [1.82, 2.24) is 15.0 Å². The van der Waals surface area contributed by atoms with Gasteiger partial charge in [-0.2, -0.15) is 4.98 Å². The van der Waals surface area contributed by atoms with E-state index in [1.807, 2.05) is 13.1 Å². The highest BCUT2D eigenvalue weighted by atomic mass is 19.2. The van der Waals surface area contributed by atoms with Crippen LogP contribution in [0.15, 0.2) is 42.7 Å². The van der Waals surface area contributed by atoms with E-state index >= 15 is 0 Å². The van der Waals surface area contributed by atoms with Gasteiger partial charge in [0.1, 0.15) is 5.82 Å². The van der Waals surface area contributed by atoms with Gasteiger partial charge in [0.2, 0.25) is 5.88 Å². The first-order valence-electron chi connectivity index (χ1n) is 8.85. The summed E-state index contributed by atoms with van der Waals surface area (Å²) in [7, 11) is 0. The first-order chi connectivity index (χ1) is 13.0. The van der Waals surface area contributed by atoms with Crippen LogP contribution < -0.4 is 4.74 Å². The van der Waals surface area contributed by atoms with Crippen LogP contribution in [0.2, 0.25) is 0 Å².